The van der Waals surface area contributed by atoms with Gasteiger partial charge in [-0.05, 0) is 6.42 Å². The third-order valence-electron chi connectivity index (χ3n) is 0.422. The Kier molecular flexibility index (Phi) is 3.99. The molecule has 0 unspecified atom stereocenters. The lowest BCUT2D eigenvalue weighted by atomic mass is 10.4. The van der Waals surface area contributed by atoms with Gasteiger partial charge in [-0.15, -0.1) is 0 Å². The SMILES string of the molecule is N#CCCCF. The molecule has 6 heavy (non-hydrogen) atoms. The fourth-order valence-electron chi connectivity index (χ4n) is 0.146. The molecule has 0 fully saturated rings. The highest BCUT2D eigenvalue weighted by Crippen LogP contribution is 1.83. The molecular formula is C4H6FN. The van der Waals surface area contributed by atoms with Crippen molar-refractivity contribution in [3.63, 3.8) is 0 Å². The molecule has 0 spiro atoms. The van der Waals surface area contributed by atoms with Gasteiger partial charge in [-0.25, -0.2) is 0 Å². The summed E-state index contributed by atoms with van der Waals surface area (Å²) in [5, 5.41) is 7.78. The second kappa shape index (κ2) is 4.42. The molecule has 0 aliphatic heterocycles. The monoisotopic (exact) mass is 87.0 g/mol. The Labute approximate surface area is 36.4 Å². The molecule has 0 bridgehead atoms. The van der Waals surface area contributed by atoms with E-state index >= 15 is 0 Å². The molecule has 0 saturated carbocycles. The Balaban J connectivity index is 2.54. The molecule has 0 aliphatic carbocycles. The Morgan fingerprint density at radius 3 is 2.50 bits per heavy atom. The lowest BCUT2D eigenvalue weighted by Crippen LogP contribution is -1.69. The van der Waals surface area contributed by atoms with Crippen LogP contribution >= 0.6 is 0 Å². The molecule has 0 aromatic rings. The van der Waals surface area contributed by atoms with E-state index in [9.17, 15) is 4.39 Å². The van der Waals surface area contributed by atoms with Gasteiger partial charge in [0.2, 0.25) is 0 Å². The van der Waals surface area contributed by atoms with Crippen LogP contribution < -0.4 is 0 Å². The van der Waals surface area contributed by atoms with Crippen LogP contribution in [-0.2, 0) is 0 Å². The second-order valence-electron chi connectivity index (χ2n) is 0.951. The number of rotatable bonds is 2. The summed E-state index contributed by atoms with van der Waals surface area (Å²) in [5.41, 5.74) is 0. The lowest BCUT2D eigenvalue weighted by Gasteiger charge is -1.74. The van der Waals surface area contributed by atoms with Crippen LogP contribution in [0.2, 0.25) is 0 Å². The van der Waals surface area contributed by atoms with Crippen LogP contribution in [0.25, 0.3) is 0 Å². The number of nitrogens with zero attached hydrogens (tertiary/aromatic N) is 1. The summed E-state index contributed by atoms with van der Waals surface area (Å²) in [7, 11) is 0. The van der Waals surface area contributed by atoms with Gasteiger partial charge >= 0.3 is 0 Å². The third-order valence-corrected chi connectivity index (χ3v) is 0.422. The predicted molar refractivity (Wildman–Crippen MR) is 20.8 cm³/mol. The molecule has 34 valence electrons. The maximum absolute atomic E-state index is 11.0. The maximum atomic E-state index is 11.0. The van der Waals surface area contributed by atoms with Crippen LogP contribution in [0.15, 0.2) is 0 Å². The minimum Gasteiger partial charge on any atom is -0.251 e. The van der Waals surface area contributed by atoms with E-state index in [0.29, 0.717) is 12.8 Å². The summed E-state index contributed by atoms with van der Waals surface area (Å²) in [5.74, 6) is 0. The summed E-state index contributed by atoms with van der Waals surface area (Å²) in [4.78, 5) is 0. The maximum Gasteiger partial charge on any atom is 0.0904 e. The largest absolute Gasteiger partial charge is 0.251 e. The van der Waals surface area contributed by atoms with E-state index in [-0.39, 0.29) is 6.67 Å². The van der Waals surface area contributed by atoms with E-state index in [1.807, 2.05) is 6.07 Å². The quantitative estimate of drug-likeness (QED) is 0.465. The van der Waals surface area contributed by atoms with Crippen molar-refractivity contribution < 1.29 is 4.39 Å². The van der Waals surface area contributed by atoms with Crippen LogP contribution in [0.3, 0.4) is 0 Å². The minimum absolute atomic E-state index is 0.344. The Morgan fingerprint density at radius 2 is 2.33 bits per heavy atom. The Morgan fingerprint density at radius 1 is 1.67 bits per heavy atom. The van der Waals surface area contributed by atoms with Crippen molar-refractivity contribution in [1.82, 2.24) is 0 Å². The number of unbranched alkanes of at least 4 members (excludes halogenated alkanes) is 1. The van der Waals surface area contributed by atoms with Gasteiger partial charge in [0, 0.05) is 6.42 Å². The first kappa shape index (κ1) is 5.42. The highest BCUT2D eigenvalue weighted by Gasteiger charge is 1.77. The standard InChI is InChI=1S/C4H6FN/c5-3-1-2-4-6/h1-3H2. The van der Waals surface area contributed by atoms with E-state index in [2.05, 4.69) is 0 Å². The predicted octanol–water partition coefficient (Wildman–Crippen LogP) is 1.26. The summed E-state index contributed by atoms with van der Waals surface area (Å²) < 4.78 is 11.0. The van der Waals surface area contributed by atoms with E-state index in [4.69, 9.17) is 5.26 Å². The van der Waals surface area contributed by atoms with Crippen molar-refractivity contribution in [2.45, 2.75) is 12.8 Å². The van der Waals surface area contributed by atoms with Gasteiger partial charge in [0.05, 0.1) is 12.7 Å². The number of halogens is 1. The zero-order valence-corrected chi connectivity index (χ0v) is 3.45. The highest BCUT2D eigenvalue weighted by atomic mass is 19.1. The third kappa shape index (κ3) is 3.42. The fraction of sp³-hybridized carbons (Fsp3) is 0.750. The van der Waals surface area contributed by atoms with Crippen molar-refractivity contribution in [2.75, 3.05) is 6.67 Å². The van der Waals surface area contributed by atoms with Gasteiger partial charge < -0.3 is 0 Å². The summed E-state index contributed by atoms with van der Waals surface area (Å²) >= 11 is 0. The molecular weight excluding hydrogens is 81.0 g/mol. The Bertz CT molecular complexity index is 55.1. The molecule has 2 heteroatoms. The lowest BCUT2D eigenvalue weighted by molar-refractivity contribution is 0.477. The van der Waals surface area contributed by atoms with E-state index in [1.165, 1.54) is 0 Å². The zero-order valence-electron chi connectivity index (χ0n) is 3.45. The van der Waals surface area contributed by atoms with E-state index in [1.54, 1.807) is 0 Å². The number of nitriles is 1. The molecule has 0 radical (unpaired) electrons. The topological polar surface area (TPSA) is 23.8 Å². The van der Waals surface area contributed by atoms with Crippen LogP contribution in [0.1, 0.15) is 12.8 Å². The van der Waals surface area contributed by atoms with Crippen molar-refractivity contribution >= 4 is 0 Å². The van der Waals surface area contributed by atoms with E-state index in [0.717, 1.165) is 0 Å². The average molecular weight is 87.1 g/mol. The summed E-state index contributed by atoms with van der Waals surface area (Å²) in [6.45, 7) is -0.367. The molecule has 0 heterocycles. The highest BCUT2D eigenvalue weighted by molar-refractivity contribution is 4.66. The van der Waals surface area contributed by atoms with Crippen molar-refractivity contribution in [2.24, 2.45) is 0 Å². The van der Waals surface area contributed by atoms with Gasteiger partial charge in [0.25, 0.3) is 0 Å². The van der Waals surface area contributed by atoms with Crippen LogP contribution in [0.4, 0.5) is 4.39 Å². The molecule has 0 amide bonds. The van der Waals surface area contributed by atoms with Gasteiger partial charge in [0.1, 0.15) is 0 Å². The molecule has 0 aromatic carbocycles. The zero-order chi connectivity index (χ0) is 4.83. The molecule has 0 rings (SSSR count). The summed E-state index contributed by atoms with van der Waals surface area (Å²) in [6, 6.07) is 1.83. The van der Waals surface area contributed by atoms with Crippen LogP contribution in [0.5, 0.6) is 0 Å². The van der Waals surface area contributed by atoms with Crippen molar-refractivity contribution in [1.29, 1.82) is 5.26 Å². The molecule has 1 nitrogen and oxygen atoms in total. The second-order valence-corrected chi connectivity index (χ2v) is 0.951. The molecule has 0 N–H and O–H groups in total. The van der Waals surface area contributed by atoms with Crippen molar-refractivity contribution in [3.05, 3.63) is 0 Å². The summed E-state index contributed by atoms with van der Waals surface area (Å²) in [6.07, 6.45) is 0.729. The normalized spacial score (nSPS) is 7.33. The van der Waals surface area contributed by atoms with Gasteiger partial charge in [-0.1, -0.05) is 0 Å². The average Bonchev–Trinajstić information content (AvgIpc) is 1.61. The first-order valence-electron chi connectivity index (χ1n) is 1.84. The molecule has 0 atom stereocenters. The molecule has 0 aliphatic rings. The van der Waals surface area contributed by atoms with Gasteiger partial charge in [0.15, 0.2) is 0 Å². The molecule has 0 aromatic heterocycles. The van der Waals surface area contributed by atoms with Gasteiger partial charge in [-0.3, -0.25) is 4.39 Å². The first-order valence-corrected chi connectivity index (χ1v) is 1.84. The van der Waals surface area contributed by atoms with Crippen molar-refractivity contribution in [3.8, 4) is 6.07 Å². The molecule has 0 saturated heterocycles. The van der Waals surface area contributed by atoms with Gasteiger partial charge in [-0.2, -0.15) is 5.26 Å². The number of hydrogen-bond acceptors (Lipinski definition) is 1. The Hall–Kier alpha value is -0.580. The van der Waals surface area contributed by atoms with E-state index < -0.39 is 0 Å². The smallest absolute Gasteiger partial charge is 0.0904 e. The van der Waals surface area contributed by atoms with Crippen LogP contribution in [0, 0.1) is 11.3 Å². The first-order chi connectivity index (χ1) is 2.91. The number of hydrogen-bond donors (Lipinski definition) is 0. The number of alkyl halides is 1. The fourth-order valence-corrected chi connectivity index (χ4v) is 0.146. The van der Waals surface area contributed by atoms with Crippen LogP contribution in [-0.4, -0.2) is 6.67 Å². The minimum atomic E-state index is -0.367.